The summed E-state index contributed by atoms with van der Waals surface area (Å²) in [6, 6.07) is 2.08. The lowest BCUT2D eigenvalue weighted by Crippen LogP contribution is -2.08. The Morgan fingerprint density at radius 1 is 1.52 bits per heavy atom. The van der Waals surface area contributed by atoms with E-state index >= 15 is 0 Å². The van der Waals surface area contributed by atoms with E-state index in [1.165, 1.54) is 22.2 Å². The van der Waals surface area contributed by atoms with E-state index in [1.54, 1.807) is 24.5 Å². The van der Waals surface area contributed by atoms with E-state index in [9.17, 15) is 4.79 Å². The lowest BCUT2D eigenvalue weighted by Gasteiger charge is -2.06. The van der Waals surface area contributed by atoms with E-state index in [1.807, 2.05) is 0 Å². The number of rotatable bonds is 6. The Balaban J connectivity index is 2.00. The Bertz CT molecular complexity index is 628. The first-order valence-corrected chi connectivity index (χ1v) is 8.39. The quantitative estimate of drug-likeness (QED) is 0.500. The van der Waals surface area contributed by atoms with E-state index in [2.05, 4.69) is 28.3 Å². The molecule has 0 aromatic carbocycles. The first kappa shape index (κ1) is 15.8. The summed E-state index contributed by atoms with van der Waals surface area (Å²) in [6.45, 7) is 4.23. The van der Waals surface area contributed by atoms with E-state index in [4.69, 9.17) is 10.5 Å². The van der Waals surface area contributed by atoms with Gasteiger partial charge in [0.2, 0.25) is 0 Å². The van der Waals surface area contributed by atoms with Crippen molar-refractivity contribution >= 4 is 34.9 Å². The SMILES string of the molecule is CCOC(=O)CSc1ncc(Cc2sccc2C)c(N)n1. The van der Waals surface area contributed by atoms with Crippen LogP contribution in [-0.4, -0.2) is 28.3 Å². The molecule has 2 heterocycles. The predicted molar refractivity (Wildman–Crippen MR) is 85.7 cm³/mol. The van der Waals surface area contributed by atoms with Crippen molar-refractivity contribution in [1.29, 1.82) is 0 Å². The van der Waals surface area contributed by atoms with Crippen LogP contribution >= 0.6 is 23.1 Å². The maximum atomic E-state index is 11.3. The number of nitrogens with two attached hydrogens (primary N) is 1. The fourth-order valence-electron chi connectivity index (χ4n) is 1.69. The van der Waals surface area contributed by atoms with Crippen LogP contribution < -0.4 is 5.73 Å². The highest BCUT2D eigenvalue weighted by atomic mass is 32.2. The number of nitrogens with zero attached hydrogens (tertiary/aromatic N) is 2. The number of anilines is 1. The maximum Gasteiger partial charge on any atom is 0.316 e. The van der Waals surface area contributed by atoms with Gasteiger partial charge in [-0.3, -0.25) is 4.79 Å². The lowest BCUT2D eigenvalue weighted by atomic mass is 10.1. The van der Waals surface area contributed by atoms with Gasteiger partial charge >= 0.3 is 5.97 Å². The molecule has 0 aliphatic rings. The molecule has 0 fully saturated rings. The molecule has 7 heteroatoms. The fourth-order valence-corrected chi connectivity index (χ4v) is 3.24. The molecule has 5 nitrogen and oxygen atoms in total. The Morgan fingerprint density at radius 2 is 2.33 bits per heavy atom. The van der Waals surface area contributed by atoms with E-state index in [-0.39, 0.29) is 11.7 Å². The molecule has 2 rings (SSSR count). The Hall–Kier alpha value is -1.60. The van der Waals surface area contributed by atoms with Crippen molar-refractivity contribution in [3.8, 4) is 0 Å². The summed E-state index contributed by atoms with van der Waals surface area (Å²) in [7, 11) is 0. The van der Waals surface area contributed by atoms with Gasteiger partial charge in [0.1, 0.15) is 5.82 Å². The molecular weight excluding hydrogens is 306 g/mol. The highest BCUT2D eigenvalue weighted by molar-refractivity contribution is 7.99. The third-order valence-corrected chi connectivity index (χ3v) is 4.68. The molecule has 0 amide bonds. The summed E-state index contributed by atoms with van der Waals surface area (Å²) in [4.78, 5) is 21.0. The minimum atomic E-state index is -0.275. The van der Waals surface area contributed by atoms with E-state index in [0.717, 1.165) is 12.0 Å². The summed E-state index contributed by atoms with van der Waals surface area (Å²) in [5.41, 5.74) is 8.13. The first-order chi connectivity index (χ1) is 10.1. The molecule has 0 saturated heterocycles. The molecule has 0 aliphatic heterocycles. The third kappa shape index (κ3) is 4.44. The number of thioether (sulfide) groups is 1. The van der Waals surface area contributed by atoms with Crippen molar-refractivity contribution in [2.45, 2.75) is 25.4 Å². The molecule has 2 N–H and O–H groups in total. The van der Waals surface area contributed by atoms with Gasteiger partial charge in [0.05, 0.1) is 12.4 Å². The number of carbonyl (C=O) groups is 1. The number of esters is 1. The fraction of sp³-hybridized carbons (Fsp3) is 0.357. The van der Waals surface area contributed by atoms with Crippen LogP contribution in [0.2, 0.25) is 0 Å². The van der Waals surface area contributed by atoms with Gasteiger partial charge in [-0.15, -0.1) is 11.3 Å². The molecule has 2 aromatic heterocycles. The van der Waals surface area contributed by atoms with Crippen molar-refractivity contribution in [1.82, 2.24) is 9.97 Å². The van der Waals surface area contributed by atoms with Crippen LogP contribution in [0.3, 0.4) is 0 Å². The van der Waals surface area contributed by atoms with Crippen LogP contribution in [0.5, 0.6) is 0 Å². The topological polar surface area (TPSA) is 78.1 Å². The molecule has 112 valence electrons. The Kier molecular flexibility index (Phi) is 5.58. The van der Waals surface area contributed by atoms with Crippen molar-refractivity contribution in [3.05, 3.63) is 33.6 Å². The molecule has 0 bridgehead atoms. The zero-order valence-electron chi connectivity index (χ0n) is 12.0. The second-order valence-electron chi connectivity index (χ2n) is 4.36. The summed E-state index contributed by atoms with van der Waals surface area (Å²) in [6.07, 6.45) is 2.47. The van der Waals surface area contributed by atoms with Crippen LogP contribution in [0, 0.1) is 6.92 Å². The average Bonchev–Trinajstić information content (AvgIpc) is 2.85. The molecule has 0 aliphatic carbocycles. The smallest absolute Gasteiger partial charge is 0.316 e. The molecule has 0 atom stereocenters. The maximum absolute atomic E-state index is 11.3. The summed E-state index contributed by atoms with van der Waals surface area (Å²) >= 11 is 2.93. The predicted octanol–water partition coefficient (Wildman–Crippen LogP) is 2.67. The monoisotopic (exact) mass is 323 g/mol. The van der Waals surface area contributed by atoms with Crippen molar-refractivity contribution < 1.29 is 9.53 Å². The summed E-state index contributed by atoms with van der Waals surface area (Å²) in [5, 5.41) is 2.55. The van der Waals surface area contributed by atoms with Gasteiger partial charge in [-0.2, -0.15) is 0 Å². The van der Waals surface area contributed by atoms with Crippen LogP contribution in [0.1, 0.15) is 22.9 Å². The number of nitrogen functional groups attached to an aromatic ring is 1. The normalized spacial score (nSPS) is 10.6. The van der Waals surface area contributed by atoms with Crippen molar-refractivity contribution in [2.24, 2.45) is 0 Å². The van der Waals surface area contributed by atoms with E-state index < -0.39 is 0 Å². The van der Waals surface area contributed by atoms with Crippen molar-refractivity contribution in [3.63, 3.8) is 0 Å². The average molecular weight is 323 g/mol. The van der Waals surface area contributed by atoms with Gasteiger partial charge in [0.15, 0.2) is 5.16 Å². The number of ether oxygens (including phenoxy) is 1. The number of aryl methyl sites for hydroxylation is 1. The summed E-state index contributed by atoms with van der Waals surface area (Å²) in [5.74, 6) is 0.378. The molecule has 0 spiro atoms. The molecule has 0 saturated carbocycles. The second kappa shape index (κ2) is 7.42. The van der Waals surface area contributed by atoms with Gasteiger partial charge in [0.25, 0.3) is 0 Å². The summed E-state index contributed by atoms with van der Waals surface area (Å²) < 4.78 is 4.86. The minimum Gasteiger partial charge on any atom is -0.465 e. The van der Waals surface area contributed by atoms with Crippen LogP contribution in [0.15, 0.2) is 22.8 Å². The van der Waals surface area contributed by atoms with E-state index in [0.29, 0.717) is 17.6 Å². The molecular formula is C14H17N3O2S2. The van der Waals surface area contributed by atoms with Gasteiger partial charge in [-0.25, -0.2) is 9.97 Å². The second-order valence-corrected chi connectivity index (χ2v) is 6.30. The number of thiophene rings is 1. The Morgan fingerprint density at radius 3 is 2.95 bits per heavy atom. The zero-order valence-corrected chi connectivity index (χ0v) is 13.6. The molecule has 0 unspecified atom stereocenters. The number of hydrogen-bond acceptors (Lipinski definition) is 7. The van der Waals surface area contributed by atoms with Crippen LogP contribution in [0.25, 0.3) is 0 Å². The molecule has 2 aromatic rings. The van der Waals surface area contributed by atoms with Gasteiger partial charge in [-0.05, 0) is 30.9 Å². The minimum absolute atomic E-state index is 0.191. The van der Waals surface area contributed by atoms with Crippen LogP contribution in [-0.2, 0) is 16.0 Å². The molecule has 0 radical (unpaired) electrons. The molecule has 21 heavy (non-hydrogen) atoms. The van der Waals surface area contributed by atoms with Crippen LogP contribution in [0.4, 0.5) is 5.82 Å². The first-order valence-electron chi connectivity index (χ1n) is 6.53. The standard InChI is InChI=1S/C14H17N3O2S2/c1-3-19-12(18)8-21-14-16-7-10(13(15)17-14)6-11-9(2)4-5-20-11/h4-5,7H,3,6,8H2,1-2H3,(H2,15,16,17). The highest BCUT2D eigenvalue weighted by Gasteiger charge is 2.10. The largest absolute Gasteiger partial charge is 0.465 e. The number of hydrogen-bond donors (Lipinski definition) is 1. The zero-order chi connectivity index (χ0) is 15.2. The number of carbonyl (C=O) groups excluding carboxylic acids is 1. The lowest BCUT2D eigenvalue weighted by molar-refractivity contribution is -0.139. The van der Waals surface area contributed by atoms with Crippen molar-refractivity contribution in [2.75, 3.05) is 18.1 Å². The van der Waals surface area contributed by atoms with Gasteiger partial charge < -0.3 is 10.5 Å². The third-order valence-electron chi connectivity index (χ3n) is 2.82. The van der Waals surface area contributed by atoms with Gasteiger partial charge in [-0.1, -0.05) is 11.8 Å². The highest BCUT2D eigenvalue weighted by Crippen LogP contribution is 2.23. The number of aromatic nitrogens is 2. The van der Waals surface area contributed by atoms with Gasteiger partial charge in [0, 0.05) is 23.1 Å². The Labute approximate surface area is 131 Å².